The number of guanidine groups is 1. The van der Waals surface area contributed by atoms with E-state index < -0.39 is 0 Å². The van der Waals surface area contributed by atoms with Crippen LogP contribution in [0.15, 0.2) is 23.5 Å². The number of nitrogens with one attached hydrogen (secondary N) is 2. The highest BCUT2D eigenvalue weighted by atomic mass is 127. The average molecular weight is 351 g/mol. The van der Waals surface area contributed by atoms with E-state index in [0.29, 0.717) is 0 Å². The molecule has 98 valence electrons. The van der Waals surface area contributed by atoms with E-state index in [-0.39, 0.29) is 24.0 Å². The molecule has 0 amide bonds. The van der Waals surface area contributed by atoms with Crippen molar-refractivity contribution in [2.45, 2.75) is 26.3 Å². The number of aliphatic imine (C=N–C) groups is 1. The number of aromatic nitrogens is 2. The van der Waals surface area contributed by atoms with E-state index in [1.807, 2.05) is 16.9 Å². The smallest absolute Gasteiger partial charge is 0.191 e. The second kappa shape index (κ2) is 10.4. The van der Waals surface area contributed by atoms with Gasteiger partial charge in [-0.3, -0.25) is 9.67 Å². The van der Waals surface area contributed by atoms with Crippen molar-refractivity contribution in [1.82, 2.24) is 20.4 Å². The molecule has 0 radical (unpaired) electrons. The third kappa shape index (κ3) is 7.19. The summed E-state index contributed by atoms with van der Waals surface area (Å²) in [6, 6.07) is 1.92. The number of hydrogen-bond acceptors (Lipinski definition) is 2. The van der Waals surface area contributed by atoms with Gasteiger partial charge in [0.2, 0.25) is 0 Å². The highest BCUT2D eigenvalue weighted by Gasteiger charge is 1.96. The molecule has 0 aromatic carbocycles. The zero-order chi connectivity index (χ0) is 11.6. The lowest BCUT2D eigenvalue weighted by Crippen LogP contribution is -2.39. The van der Waals surface area contributed by atoms with E-state index >= 15 is 0 Å². The maximum atomic E-state index is 4.14. The molecule has 0 fully saturated rings. The molecule has 0 bridgehead atoms. The van der Waals surface area contributed by atoms with Gasteiger partial charge in [-0.2, -0.15) is 5.10 Å². The van der Waals surface area contributed by atoms with Gasteiger partial charge in [0.1, 0.15) is 0 Å². The van der Waals surface area contributed by atoms with Crippen LogP contribution in [0.4, 0.5) is 0 Å². The number of rotatable bonds is 6. The van der Waals surface area contributed by atoms with E-state index in [2.05, 4.69) is 27.6 Å². The summed E-state index contributed by atoms with van der Waals surface area (Å²) in [4.78, 5) is 4.14. The van der Waals surface area contributed by atoms with Gasteiger partial charge in [0.15, 0.2) is 5.96 Å². The lowest BCUT2D eigenvalue weighted by molar-refractivity contribution is 0.596. The lowest BCUT2D eigenvalue weighted by Gasteiger charge is -2.11. The van der Waals surface area contributed by atoms with Crippen LogP contribution < -0.4 is 10.6 Å². The van der Waals surface area contributed by atoms with Gasteiger partial charge in [-0.1, -0.05) is 13.3 Å². The Morgan fingerprint density at radius 2 is 2.12 bits per heavy atom. The highest BCUT2D eigenvalue weighted by Crippen LogP contribution is 1.84. The first-order chi connectivity index (χ1) is 7.86. The number of halogens is 1. The van der Waals surface area contributed by atoms with Gasteiger partial charge < -0.3 is 10.6 Å². The molecule has 0 aliphatic heterocycles. The van der Waals surface area contributed by atoms with Crippen LogP contribution in [0.25, 0.3) is 0 Å². The van der Waals surface area contributed by atoms with Crippen LogP contribution in [0.1, 0.15) is 19.8 Å². The zero-order valence-electron chi connectivity index (χ0n) is 10.5. The molecule has 1 rings (SSSR count). The van der Waals surface area contributed by atoms with Crippen LogP contribution in [0.5, 0.6) is 0 Å². The Kier molecular flexibility index (Phi) is 9.89. The summed E-state index contributed by atoms with van der Waals surface area (Å²) in [6.07, 6.45) is 6.10. The molecule has 0 saturated carbocycles. The van der Waals surface area contributed by atoms with Gasteiger partial charge >= 0.3 is 0 Å². The third-order valence-electron chi connectivity index (χ3n) is 2.24. The van der Waals surface area contributed by atoms with Gasteiger partial charge in [0.25, 0.3) is 0 Å². The van der Waals surface area contributed by atoms with Gasteiger partial charge in [0.05, 0.1) is 6.54 Å². The minimum Gasteiger partial charge on any atom is -0.356 e. The molecule has 0 saturated heterocycles. The molecule has 0 unspecified atom stereocenters. The van der Waals surface area contributed by atoms with Crippen LogP contribution >= 0.6 is 24.0 Å². The highest BCUT2D eigenvalue weighted by molar-refractivity contribution is 14.0. The first-order valence-electron chi connectivity index (χ1n) is 5.78. The normalized spacial score (nSPS) is 10.8. The molecule has 0 aliphatic rings. The summed E-state index contributed by atoms with van der Waals surface area (Å²) in [5.41, 5.74) is 0. The molecule has 5 nitrogen and oxygen atoms in total. The van der Waals surface area contributed by atoms with Gasteiger partial charge in [-0.15, -0.1) is 24.0 Å². The minimum absolute atomic E-state index is 0. The molecule has 0 atom stereocenters. The maximum absolute atomic E-state index is 4.14. The van der Waals surface area contributed by atoms with Gasteiger partial charge in [-0.05, 0) is 12.5 Å². The van der Waals surface area contributed by atoms with E-state index in [1.54, 1.807) is 13.2 Å². The number of nitrogens with zero attached hydrogens (tertiary/aromatic N) is 3. The number of hydrogen-bond donors (Lipinski definition) is 2. The van der Waals surface area contributed by atoms with Crippen LogP contribution in [-0.4, -0.2) is 35.9 Å². The molecular formula is C11H22IN5. The second-order valence-corrected chi connectivity index (χ2v) is 3.55. The van der Waals surface area contributed by atoms with E-state index in [0.717, 1.165) is 25.6 Å². The van der Waals surface area contributed by atoms with Crippen LogP contribution in [-0.2, 0) is 6.54 Å². The van der Waals surface area contributed by atoms with Crippen molar-refractivity contribution >= 4 is 29.9 Å². The Morgan fingerprint density at radius 3 is 2.71 bits per heavy atom. The van der Waals surface area contributed by atoms with Crippen molar-refractivity contribution in [3.05, 3.63) is 18.5 Å². The average Bonchev–Trinajstić information content (AvgIpc) is 2.80. The maximum Gasteiger partial charge on any atom is 0.191 e. The van der Waals surface area contributed by atoms with Crippen molar-refractivity contribution in [2.75, 3.05) is 20.1 Å². The van der Waals surface area contributed by atoms with Gasteiger partial charge in [0, 0.05) is 32.5 Å². The first-order valence-corrected chi connectivity index (χ1v) is 5.78. The Hall–Kier alpha value is -0.790. The summed E-state index contributed by atoms with van der Waals surface area (Å²) < 4.78 is 1.90. The fourth-order valence-corrected chi connectivity index (χ4v) is 1.33. The topological polar surface area (TPSA) is 54.2 Å². The molecular weight excluding hydrogens is 329 g/mol. The summed E-state index contributed by atoms with van der Waals surface area (Å²) in [7, 11) is 1.79. The predicted octanol–water partition coefficient (Wildman–Crippen LogP) is 1.47. The van der Waals surface area contributed by atoms with Crippen molar-refractivity contribution in [2.24, 2.45) is 4.99 Å². The fourth-order valence-electron chi connectivity index (χ4n) is 1.33. The zero-order valence-corrected chi connectivity index (χ0v) is 12.8. The fraction of sp³-hybridized carbons (Fsp3) is 0.636. The molecule has 0 aliphatic carbocycles. The molecule has 1 heterocycles. The Balaban J connectivity index is 0.00000256. The Morgan fingerprint density at radius 1 is 1.35 bits per heavy atom. The van der Waals surface area contributed by atoms with E-state index in [4.69, 9.17) is 0 Å². The molecule has 1 aromatic rings. The summed E-state index contributed by atoms with van der Waals surface area (Å²) in [6.45, 7) is 4.82. The molecule has 6 heteroatoms. The standard InChI is InChI=1S/C11H21N5.HI/c1-3-4-6-13-11(12-2)14-8-10-16-9-5-7-15-16;/h5,7,9H,3-4,6,8,10H2,1-2H3,(H2,12,13,14);1H. The van der Waals surface area contributed by atoms with Crippen LogP contribution in [0.2, 0.25) is 0 Å². The quantitative estimate of drug-likeness (QED) is 0.353. The summed E-state index contributed by atoms with van der Waals surface area (Å²) >= 11 is 0. The van der Waals surface area contributed by atoms with Crippen molar-refractivity contribution in [3.63, 3.8) is 0 Å². The lowest BCUT2D eigenvalue weighted by atomic mass is 10.3. The van der Waals surface area contributed by atoms with Crippen molar-refractivity contribution in [3.8, 4) is 0 Å². The van der Waals surface area contributed by atoms with Crippen LogP contribution in [0, 0.1) is 0 Å². The third-order valence-corrected chi connectivity index (χ3v) is 2.24. The largest absolute Gasteiger partial charge is 0.356 e. The Labute approximate surface area is 120 Å². The summed E-state index contributed by atoms with van der Waals surface area (Å²) in [5, 5.41) is 10.6. The molecule has 0 spiro atoms. The first kappa shape index (κ1) is 16.2. The molecule has 2 N–H and O–H groups in total. The molecule has 1 aromatic heterocycles. The summed E-state index contributed by atoms with van der Waals surface area (Å²) in [5.74, 6) is 0.862. The SMILES string of the molecule is CCCCNC(=NC)NCCn1cccn1.I. The Bertz CT molecular complexity index is 297. The molecule has 17 heavy (non-hydrogen) atoms. The van der Waals surface area contributed by atoms with E-state index in [1.165, 1.54) is 12.8 Å². The second-order valence-electron chi connectivity index (χ2n) is 3.55. The van der Waals surface area contributed by atoms with E-state index in [9.17, 15) is 0 Å². The van der Waals surface area contributed by atoms with Gasteiger partial charge in [-0.25, -0.2) is 0 Å². The van der Waals surface area contributed by atoms with Crippen molar-refractivity contribution in [1.29, 1.82) is 0 Å². The predicted molar refractivity (Wildman–Crippen MR) is 81.9 cm³/mol. The van der Waals surface area contributed by atoms with Crippen LogP contribution in [0.3, 0.4) is 0 Å². The minimum atomic E-state index is 0. The van der Waals surface area contributed by atoms with Crippen molar-refractivity contribution < 1.29 is 0 Å². The monoisotopic (exact) mass is 351 g/mol. The number of unbranched alkanes of at least 4 members (excludes halogenated alkanes) is 1.